The molecule has 15 heavy (non-hydrogen) atoms. The molecule has 0 fully saturated rings. The monoisotopic (exact) mass is 217 g/mol. The molecule has 0 saturated heterocycles. The van der Waals surface area contributed by atoms with E-state index in [0.29, 0.717) is 0 Å². The molecule has 0 aliphatic heterocycles. The van der Waals surface area contributed by atoms with Gasteiger partial charge in [-0.2, -0.15) is 5.26 Å². The Bertz CT molecular complexity index is 524. The van der Waals surface area contributed by atoms with Crippen LogP contribution in [0.2, 0.25) is 0 Å². The number of aromatic amines is 1. The van der Waals surface area contributed by atoms with E-state index in [2.05, 4.69) is 22.1 Å². The van der Waals surface area contributed by atoms with Crippen molar-refractivity contribution in [1.82, 2.24) is 9.97 Å². The van der Waals surface area contributed by atoms with Crippen molar-refractivity contribution in [3.05, 3.63) is 23.8 Å². The molecule has 1 heterocycles. The van der Waals surface area contributed by atoms with Gasteiger partial charge in [0.15, 0.2) is 5.16 Å². The number of hydrogen-bond donors (Lipinski definition) is 1. The van der Waals surface area contributed by atoms with Gasteiger partial charge in [-0.3, -0.25) is 0 Å². The van der Waals surface area contributed by atoms with Gasteiger partial charge in [-0.25, -0.2) is 4.98 Å². The van der Waals surface area contributed by atoms with E-state index in [1.807, 2.05) is 26.0 Å². The van der Waals surface area contributed by atoms with Crippen molar-refractivity contribution >= 4 is 22.8 Å². The molecule has 0 aliphatic rings. The Labute approximate surface area is 92.5 Å². The first kappa shape index (κ1) is 10.1. The quantitative estimate of drug-likeness (QED) is 0.787. The number of rotatable bonds is 2. The Morgan fingerprint density at radius 3 is 3.07 bits per heavy atom. The predicted molar refractivity (Wildman–Crippen MR) is 61.8 cm³/mol. The van der Waals surface area contributed by atoms with Crippen molar-refractivity contribution in [3.8, 4) is 6.07 Å². The minimum atomic E-state index is -0.0772. The number of nitrogens with one attached hydrogen (secondary N) is 1. The number of aromatic nitrogens is 2. The summed E-state index contributed by atoms with van der Waals surface area (Å²) in [5.74, 6) is 0. The Morgan fingerprint density at radius 2 is 2.33 bits per heavy atom. The summed E-state index contributed by atoms with van der Waals surface area (Å²) >= 11 is 1.45. The van der Waals surface area contributed by atoms with Gasteiger partial charge >= 0.3 is 0 Å². The van der Waals surface area contributed by atoms with Crippen LogP contribution in [-0.4, -0.2) is 15.2 Å². The fourth-order valence-electron chi connectivity index (χ4n) is 1.35. The zero-order valence-electron chi connectivity index (χ0n) is 8.61. The Hall–Kier alpha value is -1.47. The summed E-state index contributed by atoms with van der Waals surface area (Å²) in [4.78, 5) is 7.60. The maximum Gasteiger partial charge on any atom is 0.167 e. The van der Waals surface area contributed by atoms with Gasteiger partial charge in [0.1, 0.15) is 0 Å². The summed E-state index contributed by atoms with van der Waals surface area (Å²) < 4.78 is 0. The first-order valence-corrected chi connectivity index (χ1v) is 5.59. The van der Waals surface area contributed by atoms with Crippen LogP contribution in [0.4, 0.5) is 0 Å². The SMILES string of the molecule is Cc1ccc2nc(S[C@@H](C)C#N)[nH]c2c1. The average molecular weight is 217 g/mol. The van der Waals surface area contributed by atoms with Crippen LogP contribution >= 0.6 is 11.8 Å². The molecule has 0 saturated carbocycles. The highest BCUT2D eigenvalue weighted by Gasteiger charge is 2.07. The first-order valence-electron chi connectivity index (χ1n) is 4.71. The van der Waals surface area contributed by atoms with Gasteiger partial charge < -0.3 is 4.98 Å². The van der Waals surface area contributed by atoms with Gasteiger partial charge in [0.2, 0.25) is 0 Å². The lowest BCUT2D eigenvalue weighted by atomic mass is 10.2. The molecule has 0 radical (unpaired) electrons. The molecule has 1 aromatic carbocycles. The number of thioether (sulfide) groups is 1. The van der Waals surface area contributed by atoms with Crippen molar-refractivity contribution in [3.63, 3.8) is 0 Å². The average Bonchev–Trinajstić information content (AvgIpc) is 2.59. The minimum Gasteiger partial charge on any atom is -0.333 e. The summed E-state index contributed by atoms with van der Waals surface area (Å²) in [7, 11) is 0. The van der Waals surface area contributed by atoms with E-state index in [9.17, 15) is 0 Å². The maximum absolute atomic E-state index is 8.70. The summed E-state index contributed by atoms with van der Waals surface area (Å²) in [6, 6.07) is 8.25. The number of fused-ring (bicyclic) bond motifs is 1. The highest BCUT2D eigenvalue weighted by molar-refractivity contribution is 8.00. The second-order valence-corrected chi connectivity index (χ2v) is 4.78. The molecule has 0 spiro atoms. The van der Waals surface area contributed by atoms with Crippen LogP contribution < -0.4 is 0 Å². The van der Waals surface area contributed by atoms with Gasteiger partial charge in [0.05, 0.1) is 22.4 Å². The van der Waals surface area contributed by atoms with E-state index < -0.39 is 0 Å². The highest BCUT2D eigenvalue weighted by Crippen LogP contribution is 2.23. The van der Waals surface area contributed by atoms with E-state index in [1.54, 1.807) is 0 Å². The largest absolute Gasteiger partial charge is 0.333 e. The fraction of sp³-hybridized carbons (Fsp3) is 0.273. The minimum absolute atomic E-state index is 0.0772. The van der Waals surface area contributed by atoms with Crippen LogP contribution in [0.25, 0.3) is 11.0 Å². The zero-order valence-corrected chi connectivity index (χ0v) is 9.43. The van der Waals surface area contributed by atoms with Crippen molar-refractivity contribution in [2.24, 2.45) is 0 Å². The van der Waals surface area contributed by atoms with Gasteiger partial charge in [-0.05, 0) is 31.5 Å². The molecule has 0 bridgehead atoms. The van der Waals surface area contributed by atoms with Crippen molar-refractivity contribution in [2.75, 3.05) is 0 Å². The van der Waals surface area contributed by atoms with Crippen LogP contribution in [0.3, 0.4) is 0 Å². The molecule has 4 heteroatoms. The number of aryl methyl sites for hydroxylation is 1. The fourth-order valence-corrected chi connectivity index (χ4v) is 2.06. The Kier molecular flexibility index (Phi) is 2.65. The Morgan fingerprint density at radius 1 is 1.53 bits per heavy atom. The van der Waals surface area contributed by atoms with Gasteiger partial charge in [-0.1, -0.05) is 17.8 Å². The third-order valence-electron chi connectivity index (χ3n) is 2.09. The summed E-state index contributed by atoms with van der Waals surface area (Å²) in [6.45, 7) is 3.91. The van der Waals surface area contributed by atoms with E-state index >= 15 is 0 Å². The molecular formula is C11H11N3S. The predicted octanol–water partition coefficient (Wildman–Crippen LogP) is 2.88. The smallest absolute Gasteiger partial charge is 0.167 e. The number of imidazole rings is 1. The van der Waals surface area contributed by atoms with Crippen molar-refractivity contribution in [1.29, 1.82) is 5.26 Å². The molecule has 1 N–H and O–H groups in total. The lowest BCUT2D eigenvalue weighted by Gasteiger charge is -1.95. The highest BCUT2D eigenvalue weighted by atomic mass is 32.2. The van der Waals surface area contributed by atoms with E-state index in [-0.39, 0.29) is 5.25 Å². The number of nitrogens with zero attached hydrogens (tertiary/aromatic N) is 2. The molecule has 2 aromatic rings. The van der Waals surface area contributed by atoms with Crippen LogP contribution in [0, 0.1) is 18.3 Å². The maximum atomic E-state index is 8.70. The number of hydrogen-bond acceptors (Lipinski definition) is 3. The van der Waals surface area contributed by atoms with Gasteiger partial charge in [0, 0.05) is 0 Å². The van der Waals surface area contributed by atoms with Gasteiger partial charge in [0.25, 0.3) is 0 Å². The summed E-state index contributed by atoms with van der Waals surface area (Å²) in [6.07, 6.45) is 0. The molecular weight excluding hydrogens is 206 g/mol. The normalized spacial score (nSPS) is 12.6. The lowest BCUT2D eigenvalue weighted by molar-refractivity contribution is 1.07. The molecule has 0 aliphatic carbocycles. The molecule has 0 amide bonds. The summed E-state index contributed by atoms with van der Waals surface area (Å²) in [5, 5.41) is 9.44. The number of benzene rings is 1. The van der Waals surface area contributed by atoms with Gasteiger partial charge in [-0.15, -0.1) is 0 Å². The standard InChI is InChI=1S/C11H11N3S/c1-7-3-4-9-10(5-7)14-11(13-9)15-8(2)6-12/h3-5,8H,1-2H3,(H,13,14)/t8-/m0/s1. The third-order valence-corrected chi connectivity index (χ3v) is 2.96. The third kappa shape index (κ3) is 2.13. The van der Waals surface area contributed by atoms with Crippen LogP contribution in [0.15, 0.2) is 23.4 Å². The number of nitriles is 1. The second-order valence-electron chi connectivity index (χ2n) is 3.45. The van der Waals surface area contributed by atoms with Crippen molar-refractivity contribution in [2.45, 2.75) is 24.3 Å². The van der Waals surface area contributed by atoms with Crippen molar-refractivity contribution < 1.29 is 0 Å². The summed E-state index contributed by atoms with van der Waals surface area (Å²) in [5.41, 5.74) is 3.19. The lowest BCUT2D eigenvalue weighted by Crippen LogP contribution is -1.89. The number of H-pyrrole nitrogens is 1. The Balaban J connectivity index is 2.35. The van der Waals surface area contributed by atoms with E-state index in [4.69, 9.17) is 5.26 Å². The van der Waals surface area contributed by atoms with Crippen LogP contribution in [0.5, 0.6) is 0 Å². The zero-order chi connectivity index (χ0) is 10.8. The molecule has 2 rings (SSSR count). The van der Waals surface area contributed by atoms with Crippen LogP contribution in [0.1, 0.15) is 12.5 Å². The molecule has 3 nitrogen and oxygen atoms in total. The topological polar surface area (TPSA) is 52.5 Å². The second kappa shape index (κ2) is 3.95. The molecule has 0 unspecified atom stereocenters. The van der Waals surface area contributed by atoms with E-state index in [0.717, 1.165) is 16.2 Å². The molecule has 76 valence electrons. The van der Waals surface area contributed by atoms with Crippen LogP contribution in [-0.2, 0) is 0 Å². The van der Waals surface area contributed by atoms with E-state index in [1.165, 1.54) is 17.3 Å². The molecule has 1 aromatic heterocycles. The molecule has 1 atom stereocenters. The first-order chi connectivity index (χ1) is 7.19.